The Kier molecular flexibility index (Phi) is 18.4. The molecule has 0 spiro atoms. The molecule has 6 rings (SSSR count). The average molecular weight is 954 g/mol. The lowest BCUT2D eigenvalue weighted by molar-refractivity contribution is 0.369. The second-order valence-corrected chi connectivity index (χ2v) is 49.7. The van der Waals surface area contributed by atoms with Crippen molar-refractivity contribution in [2.75, 3.05) is 0 Å². The second-order valence-electron chi connectivity index (χ2n) is 24.7. The van der Waals surface area contributed by atoms with Crippen LogP contribution in [0.3, 0.4) is 0 Å². The van der Waals surface area contributed by atoms with Crippen LogP contribution in [0.4, 0.5) is 0 Å². The molecular weight excluding hydrogens is 857 g/mol. The first kappa shape index (κ1) is 52.5. The highest BCUT2D eigenvalue weighted by Crippen LogP contribution is 2.48. The van der Waals surface area contributed by atoms with Crippen LogP contribution in [0, 0.1) is 71.0 Å². The third kappa shape index (κ3) is 15.8. The van der Waals surface area contributed by atoms with E-state index in [0.29, 0.717) is 23.7 Å². The van der Waals surface area contributed by atoms with E-state index in [-0.39, 0.29) is 0 Å². The van der Waals surface area contributed by atoms with E-state index < -0.39 is 50.4 Å². The first-order valence-corrected chi connectivity index (χ1v) is 43.6. The van der Waals surface area contributed by atoms with Crippen LogP contribution >= 0.6 is 0 Å². The number of hydrogen-bond acceptors (Lipinski definition) is 4. The highest BCUT2D eigenvalue weighted by molar-refractivity contribution is 6.88. The zero-order valence-corrected chi connectivity index (χ0v) is 48.3. The minimum atomic E-state index is -2.17. The van der Waals surface area contributed by atoms with Gasteiger partial charge in [0.05, 0.1) is 0 Å². The molecule has 0 heterocycles. The van der Waals surface area contributed by atoms with E-state index in [9.17, 15) is 0 Å². The van der Waals surface area contributed by atoms with Crippen molar-refractivity contribution >= 4 is 50.4 Å². The number of allylic oxidation sites excluding steroid dienone is 8. The van der Waals surface area contributed by atoms with Gasteiger partial charge in [0.25, 0.3) is 0 Å². The van der Waals surface area contributed by atoms with Crippen LogP contribution in [0.15, 0.2) is 74.9 Å². The normalized spacial score (nSPS) is 33.2. The topological polar surface area (TPSA) is 36.9 Å². The van der Waals surface area contributed by atoms with E-state index in [1.54, 1.807) is 0 Å². The van der Waals surface area contributed by atoms with E-state index in [4.69, 9.17) is 16.5 Å². The molecule has 62 heavy (non-hydrogen) atoms. The molecule has 4 fully saturated rings. The number of fused-ring (bicyclic) bond motifs is 4. The standard InChI is InChI=1S/C28H52O2Si3.C24H44O2Si3/c1-11-23-19-25(13-3)27(21-23)15-17-31(5,6)29-33(9,10)30-32(7,8)18-16-28-22-24(12-2)20-26(28)14-4;1-27(2,13-11-23-17-19-7-9-21(23)15-19)25-29(5,6)26-28(3,4)14-12-24-18-20-8-10-22(24)16-20/h11-14,23-28H,1-4,15-22H2,5-10H3;7-10,19-24H,11-18H2,1-6H3. The largest absolute Gasteiger partial charge is 0.437 e. The van der Waals surface area contributed by atoms with Gasteiger partial charge in [-0.1, -0.05) is 74.3 Å². The Bertz CT molecular complexity index is 1460. The summed E-state index contributed by atoms with van der Waals surface area (Å²) in [6.07, 6.45) is 34.5. The van der Waals surface area contributed by atoms with Gasteiger partial charge in [-0.3, -0.25) is 0 Å². The first-order chi connectivity index (χ1) is 28.8. The molecule has 352 valence electrons. The van der Waals surface area contributed by atoms with Gasteiger partial charge >= 0.3 is 17.1 Å². The van der Waals surface area contributed by atoms with Crippen molar-refractivity contribution in [3.8, 4) is 0 Å². The van der Waals surface area contributed by atoms with E-state index in [1.165, 1.54) is 101 Å². The summed E-state index contributed by atoms with van der Waals surface area (Å²) in [5, 5.41) is 0. The maximum Gasteiger partial charge on any atom is 0.311 e. The van der Waals surface area contributed by atoms with Crippen molar-refractivity contribution in [1.29, 1.82) is 0 Å². The zero-order chi connectivity index (χ0) is 45.7. The molecule has 12 atom stereocenters. The maximum atomic E-state index is 6.91. The van der Waals surface area contributed by atoms with Gasteiger partial charge in [-0.15, -0.1) is 26.3 Å². The van der Waals surface area contributed by atoms with E-state index in [1.807, 2.05) is 0 Å². The van der Waals surface area contributed by atoms with E-state index >= 15 is 0 Å². The second kappa shape index (κ2) is 21.7. The first-order valence-electron chi connectivity index (χ1n) is 25.5. The summed E-state index contributed by atoms with van der Waals surface area (Å²) in [4.78, 5) is 0. The average Bonchev–Trinajstić information content (AvgIpc) is 4.03. The highest BCUT2D eigenvalue weighted by atomic mass is 28.5. The maximum absolute atomic E-state index is 6.91. The highest BCUT2D eigenvalue weighted by Gasteiger charge is 2.44. The monoisotopic (exact) mass is 953 g/mol. The molecule has 4 saturated carbocycles. The fraction of sp³-hybridized carbons (Fsp3) is 0.769. The molecule has 0 amide bonds. The summed E-state index contributed by atoms with van der Waals surface area (Å²) in [7, 11) is -11.1. The lowest BCUT2D eigenvalue weighted by Crippen LogP contribution is -2.52. The molecule has 0 aromatic rings. The molecule has 12 unspecified atom stereocenters. The predicted octanol–water partition coefficient (Wildman–Crippen LogP) is 16.3. The number of rotatable bonds is 24. The van der Waals surface area contributed by atoms with Crippen LogP contribution in [0.5, 0.6) is 0 Å². The van der Waals surface area contributed by atoms with Crippen LogP contribution in [-0.2, 0) is 16.5 Å². The fourth-order valence-electron chi connectivity index (χ4n) is 13.5. The zero-order valence-electron chi connectivity index (χ0n) is 42.3. The molecule has 0 radical (unpaired) electrons. The predicted molar refractivity (Wildman–Crippen MR) is 285 cm³/mol. The molecule has 0 aromatic heterocycles. The smallest absolute Gasteiger partial charge is 0.311 e. The fourth-order valence-corrected chi connectivity index (χ4v) is 41.8. The molecule has 6 aliphatic carbocycles. The number of hydrogen-bond donors (Lipinski definition) is 0. The summed E-state index contributed by atoms with van der Waals surface area (Å²) < 4.78 is 27.6. The summed E-state index contributed by atoms with van der Waals surface area (Å²) in [6.45, 7) is 44.8. The quantitative estimate of drug-likeness (QED) is 0.0714. The van der Waals surface area contributed by atoms with Gasteiger partial charge in [-0.25, -0.2) is 0 Å². The Morgan fingerprint density at radius 1 is 0.387 bits per heavy atom. The lowest BCUT2D eigenvalue weighted by Gasteiger charge is -2.39. The van der Waals surface area contributed by atoms with Crippen molar-refractivity contribution in [2.45, 2.75) is 180 Å². The van der Waals surface area contributed by atoms with Crippen LogP contribution in [-0.4, -0.2) is 50.4 Å². The van der Waals surface area contributed by atoms with Crippen molar-refractivity contribution in [3.05, 3.63) is 74.9 Å². The summed E-state index contributed by atoms with van der Waals surface area (Å²) in [5.74, 6) is 9.45. The summed E-state index contributed by atoms with van der Waals surface area (Å²) >= 11 is 0. The van der Waals surface area contributed by atoms with Gasteiger partial charge in [-0.2, -0.15) is 0 Å². The van der Waals surface area contributed by atoms with E-state index in [0.717, 1.165) is 47.3 Å². The van der Waals surface area contributed by atoms with E-state index in [2.05, 4.69) is 153 Å². The molecule has 0 aromatic carbocycles. The Balaban J connectivity index is 0.000000236. The Labute approximate surface area is 390 Å². The van der Waals surface area contributed by atoms with Gasteiger partial charge < -0.3 is 16.5 Å². The minimum absolute atomic E-state index is 0.640. The third-order valence-corrected chi connectivity index (χ3v) is 38.9. The Hall–Kier alpha value is -0.419. The molecular formula is C52H96O4Si6. The molecule has 10 heteroatoms. The van der Waals surface area contributed by atoms with Gasteiger partial charge in [0.1, 0.15) is 0 Å². The van der Waals surface area contributed by atoms with Gasteiger partial charge in [0, 0.05) is 0 Å². The lowest BCUT2D eigenvalue weighted by atomic mass is 9.91. The van der Waals surface area contributed by atoms with Crippen LogP contribution < -0.4 is 0 Å². The molecule has 0 saturated heterocycles. The van der Waals surface area contributed by atoms with Crippen molar-refractivity contribution in [2.24, 2.45) is 71.0 Å². The molecule has 4 bridgehead atoms. The van der Waals surface area contributed by atoms with Gasteiger partial charge in [0.15, 0.2) is 33.3 Å². The minimum Gasteiger partial charge on any atom is -0.437 e. The third-order valence-electron chi connectivity index (χ3n) is 16.2. The van der Waals surface area contributed by atoms with Crippen LogP contribution in [0.25, 0.3) is 0 Å². The van der Waals surface area contributed by atoms with Crippen molar-refractivity contribution < 1.29 is 16.5 Å². The van der Waals surface area contributed by atoms with Crippen LogP contribution in [0.1, 0.15) is 77.0 Å². The molecule has 0 N–H and O–H groups in total. The van der Waals surface area contributed by atoms with Crippen molar-refractivity contribution in [3.63, 3.8) is 0 Å². The molecule has 6 aliphatic rings. The molecule has 4 nitrogen and oxygen atoms in total. The Morgan fingerprint density at radius 3 is 0.935 bits per heavy atom. The van der Waals surface area contributed by atoms with Crippen molar-refractivity contribution in [1.82, 2.24) is 0 Å². The SMILES string of the molecule is C=CC1CC(C=C)C(CC[Si](C)(C)O[Si](C)(C)O[Si](C)(C)CCC2CC(C=C)CC2C=C)C1.C[Si](C)(CCC1CC2C=CC1C2)O[Si](C)(C)O[Si](C)(C)CCC1CC2C=CC1C2. The Morgan fingerprint density at radius 2 is 0.694 bits per heavy atom. The molecule has 0 aliphatic heterocycles. The van der Waals surface area contributed by atoms with Gasteiger partial charge in [0.2, 0.25) is 0 Å². The van der Waals surface area contributed by atoms with Crippen LogP contribution in [0.2, 0.25) is 103 Å². The summed E-state index contributed by atoms with van der Waals surface area (Å²) in [6, 6.07) is 5.02. The summed E-state index contributed by atoms with van der Waals surface area (Å²) in [5.41, 5.74) is 0. The van der Waals surface area contributed by atoms with Gasteiger partial charge in [-0.05, 0) is 225 Å².